The molecular weight excluding hydrogens is 328 g/mol. The van der Waals surface area contributed by atoms with Crippen molar-refractivity contribution < 1.29 is 14.4 Å². The van der Waals surface area contributed by atoms with E-state index in [-0.39, 0.29) is 30.1 Å². The number of thiazole rings is 1. The summed E-state index contributed by atoms with van der Waals surface area (Å²) in [5.41, 5.74) is 5.59. The first kappa shape index (κ1) is 16.9. The van der Waals surface area contributed by atoms with E-state index in [2.05, 4.69) is 15.8 Å². The van der Waals surface area contributed by atoms with Crippen molar-refractivity contribution in [1.82, 2.24) is 15.8 Å². The van der Waals surface area contributed by atoms with E-state index in [1.165, 1.54) is 17.8 Å². The molecular formula is C16H22N4O3S. The number of nitrogens with zero attached hydrogens (tertiary/aromatic N) is 2. The third-order valence-electron chi connectivity index (χ3n) is 4.49. The quantitative estimate of drug-likeness (QED) is 0.806. The van der Waals surface area contributed by atoms with Gasteiger partial charge in [0.2, 0.25) is 17.7 Å². The molecule has 0 unspecified atom stereocenters. The Morgan fingerprint density at radius 3 is 2.71 bits per heavy atom. The molecule has 0 bridgehead atoms. The first-order valence-electron chi connectivity index (χ1n) is 8.47. The first-order valence-corrected chi connectivity index (χ1v) is 9.35. The zero-order chi connectivity index (χ0) is 16.9. The van der Waals surface area contributed by atoms with Crippen molar-refractivity contribution in [3.8, 4) is 0 Å². The normalized spacial score (nSPS) is 18.7. The lowest BCUT2D eigenvalue weighted by Crippen LogP contribution is -2.45. The highest BCUT2D eigenvalue weighted by Gasteiger charge is 2.25. The predicted octanol–water partition coefficient (Wildman–Crippen LogP) is 1.54. The maximum atomic E-state index is 12.0. The Bertz CT molecular complexity index is 625. The van der Waals surface area contributed by atoms with E-state index in [1.807, 2.05) is 0 Å². The predicted molar refractivity (Wildman–Crippen MR) is 90.3 cm³/mol. The van der Waals surface area contributed by atoms with Crippen molar-refractivity contribution >= 4 is 34.2 Å². The lowest BCUT2D eigenvalue weighted by Gasteiger charge is -2.20. The Kier molecular flexibility index (Phi) is 5.44. The highest BCUT2D eigenvalue weighted by Crippen LogP contribution is 2.25. The van der Waals surface area contributed by atoms with Crippen LogP contribution in [0.5, 0.6) is 0 Å². The summed E-state index contributed by atoms with van der Waals surface area (Å²) in [7, 11) is 0. The largest absolute Gasteiger partial charge is 0.288 e. The molecule has 3 amide bonds. The van der Waals surface area contributed by atoms with E-state index in [9.17, 15) is 14.4 Å². The van der Waals surface area contributed by atoms with Crippen LogP contribution in [-0.2, 0) is 20.8 Å². The van der Waals surface area contributed by atoms with Gasteiger partial charge in [-0.15, -0.1) is 11.3 Å². The van der Waals surface area contributed by atoms with E-state index in [0.29, 0.717) is 23.8 Å². The Morgan fingerprint density at radius 1 is 1.21 bits per heavy atom. The van der Waals surface area contributed by atoms with Crippen molar-refractivity contribution in [3.05, 3.63) is 11.1 Å². The second-order valence-corrected chi connectivity index (χ2v) is 7.16. The zero-order valence-electron chi connectivity index (χ0n) is 13.5. The minimum absolute atomic E-state index is 0.00565. The Labute approximate surface area is 144 Å². The second kappa shape index (κ2) is 7.74. The van der Waals surface area contributed by atoms with E-state index in [4.69, 9.17) is 0 Å². The van der Waals surface area contributed by atoms with Gasteiger partial charge in [-0.25, -0.2) is 4.98 Å². The number of amides is 3. The minimum atomic E-state index is -0.302. The van der Waals surface area contributed by atoms with Gasteiger partial charge in [0, 0.05) is 24.3 Å². The summed E-state index contributed by atoms with van der Waals surface area (Å²) in [6.45, 7) is 0.690. The molecule has 0 aromatic carbocycles. The van der Waals surface area contributed by atoms with Gasteiger partial charge in [-0.05, 0) is 19.3 Å². The lowest BCUT2D eigenvalue weighted by molar-refractivity contribution is -0.131. The van der Waals surface area contributed by atoms with Gasteiger partial charge in [-0.1, -0.05) is 19.3 Å². The molecule has 2 N–H and O–H groups in total. The lowest BCUT2D eigenvalue weighted by atomic mass is 9.89. The summed E-state index contributed by atoms with van der Waals surface area (Å²) >= 11 is 1.37. The summed E-state index contributed by atoms with van der Waals surface area (Å²) in [5.74, 6) is -0.320. The number of aromatic nitrogens is 1. The van der Waals surface area contributed by atoms with E-state index in [0.717, 1.165) is 32.1 Å². The van der Waals surface area contributed by atoms with Crippen LogP contribution in [0.4, 0.5) is 5.13 Å². The van der Waals surface area contributed by atoms with Gasteiger partial charge < -0.3 is 0 Å². The molecule has 2 heterocycles. The Morgan fingerprint density at radius 2 is 2.00 bits per heavy atom. The van der Waals surface area contributed by atoms with Crippen LogP contribution >= 0.6 is 11.3 Å². The average molecular weight is 350 g/mol. The number of nitrogens with one attached hydrogen (secondary N) is 2. The second-order valence-electron chi connectivity index (χ2n) is 6.32. The molecule has 0 atom stereocenters. The maximum Gasteiger partial charge on any atom is 0.244 e. The molecule has 1 aromatic rings. The van der Waals surface area contributed by atoms with Crippen molar-refractivity contribution in [3.63, 3.8) is 0 Å². The number of hydrazine groups is 1. The van der Waals surface area contributed by atoms with Crippen molar-refractivity contribution in [1.29, 1.82) is 0 Å². The fraction of sp³-hybridized carbons (Fsp3) is 0.625. The number of hydrogen-bond acceptors (Lipinski definition) is 5. The smallest absolute Gasteiger partial charge is 0.244 e. The van der Waals surface area contributed by atoms with Gasteiger partial charge in [0.25, 0.3) is 0 Å². The van der Waals surface area contributed by atoms with Crippen LogP contribution in [0, 0.1) is 5.92 Å². The third-order valence-corrected chi connectivity index (χ3v) is 5.40. The Hall–Kier alpha value is -1.96. The van der Waals surface area contributed by atoms with Crippen LogP contribution in [0.1, 0.15) is 50.6 Å². The summed E-state index contributed by atoms with van der Waals surface area (Å²) in [4.78, 5) is 41.7. The van der Waals surface area contributed by atoms with Crippen LogP contribution in [0.3, 0.4) is 0 Å². The van der Waals surface area contributed by atoms with Gasteiger partial charge in [0.05, 0.1) is 12.1 Å². The SMILES string of the molecule is O=C(Cc1csc(N2CCCC2=O)n1)NNC(=O)C1CCCCC1. The monoisotopic (exact) mass is 350 g/mol. The van der Waals surface area contributed by atoms with Gasteiger partial charge in [-0.3, -0.25) is 30.1 Å². The van der Waals surface area contributed by atoms with Crippen LogP contribution in [0.15, 0.2) is 5.38 Å². The van der Waals surface area contributed by atoms with Gasteiger partial charge in [0.1, 0.15) is 0 Å². The highest BCUT2D eigenvalue weighted by atomic mass is 32.1. The summed E-state index contributed by atoms with van der Waals surface area (Å²) in [5, 5.41) is 2.43. The summed E-state index contributed by atoms with van der Waals surface area (Å²) in [6, 6.07) is 0. The summed E-state index contributed by atoms with van der Waals surface area (Å²) < 4.78 is 0. The summed E-state index contributed by atoms with van der Waals surface area (Å²) in [6.07, 6.45) is 6.60. The number of anilines is 1. The zero-order valence-corrected chi connectivity index (χ0v) is 14.4. The highest BCUT2D eigenvalue weighted by molar-refractivity contribution is 7.14. The number of carbonyl (C=O) groups is 3. The molecule has 1 saturated carbocycles. The van der Waals surface area contributed by atoms with Gasteiger partial charge in [0.15, 0.2) is 5.13 Å². The fourth-order valence-corrected chi connectivity index (χ4v) is 4.03. The molecule has 0 spiro atoms. The number of rotatable bonds is 4. The van der Waals surface area contributed by atoms with Crippen molar-refractivity contribution in [2.45, 2.75) is 51.4 Å². The Balaban J connectivity index is 1.45. The van der Waals surface area contributed by atoms with Crippen LogP contribution in [0.2, 0.25) is 0 Å². The van der Waals surface area contributed by atoms with Crippen LogP contribution in [0.25, 0.3) is 0 Å². The molecule has 1 aromatic heterocycles. The van der Waals surface area contributed by atoms with E-state index in [1.54, 1.807) is 10.3 Å². The molecule has 130 valence electrons. The maximum absolute atomic E-state index is 12.0. The standard InChI is InChI=1S/C16H22N4O3S/c21-13(18-19-15(23)11-5-2-1-3-6-11)9-12-10-24-16(17-12)20-8-4-7-14(20)22/h10-11H,1-9H2,(H,18,21)(H,19,23). The molecule has 3 rings (SSSR count). The number of carbonyl (C=O) groups excluding carboxylic acids is 3. The van der Waals surface area contributed by atoms with Gasteiger partial charge >= 0.3 is 0 Å². The molecule has 1 aliphatic heterocycles. The molecule has 1 aliphatic carbocycles. The number of hydrogen-bond donors (Lipinski definition) is 2. The molecule has 1 saturated heterocycles. The molecule has 2 aliphatic rings. The average Bonchev–Trinajstić information content (AvgIpc) is 3.22. The molecule has 7 nitrogen and oxygen atoms in total. The first-order chi connectivity index (χ1) is 11.6. The van der Waals surface area contributed by atoms with Crippen molar-refractivity contribution in [2.75, 3.05) is 11.4 Å². The fourth-order valence-electron chi connectivity index (χ4n) is 3.16. The van der Waals surface area contributed by atoms with Crippen LogP contribution in [-0.4, -0.2) is 29.3 Å². The topological polar surface area (TPSA) is 91.4 Å². The minimum Gasteiger partial charge on any atom is -0.288 e. The van der Waals surface area contributed by atoms with Crippen LogP contribution < -0.4 is 15.8 Å². The molecule has 2 fully saturated rings. The molecule has 8 heteroatoms. The van der Waals surface area contributed by atoms with Gasteiger partial charge in [-0.2, -0.15) is 0 Å². The molecule has 0 radical (unpaired) electrons. The van der Waals surface area contributed by atoms with E-state index < -0.39 is 0 Å². The van der Waals surface area contributed by atoms with Crippen molar-refractivity contribution in [2.24, 2.45) is 5.92 Å². The van der Waals surface area contributed by atoms with E-state index >= 15 is 0 Å². The molecule has 24 heavy (non-hydrogen) atoms. The third kappa shape index (κ3) is 4.11.